The van der Waals surface area contributed by atoms with E-state index < -0.39 is 0 Å². The van der Waals surface area contributed by atoms with Gasteiger partial charge in [-0.05, 0) is 37.7 Å². The second-order valence-corrected chi connectivity index (χ2v) is 4.82. The van der Waals surface area contributed by atoms with Crippen LogP contribution in [0.5, 0.6) is 0 Å². The molecule has 0 aromatic heterocycles. The SMILES string of the molecule is CNCC(C)CNC(=O)c1ccc(Cl)c(Cl)c1. The van der Waals surface area contributed by atoms with Crippen LogP contribution in [-0.2, 0) is 0 Å². The first kappa shape index (κ1) is 14.3. The van der Waals surface area contributed by atoms with Crippen molar-refractivity contribution >= 4 is 29.1 Å². The van der Waals surface area contributed by atoms with Crippen LogP contribution in [0.1, 0.15) is 17.3 Å². The summed E-state index contributed by atoms with van der Waals surface area (Å²) in [7, 11) is 1.89. The highest BCUT2D eigenvalue weighted by Gasteiger charge is 2.09. The molecule has 0 fully saturated rings. The summed E-state index contributed by atoms with van der Waals surface area (Å²) in [6, 6.07) is 4.85. The summed E-state index contributed by atoms with van der Waals surface area (Å²) in [6.45, 7) is 3.55. The minimum Gasteiger partial charge on any atom is -0.352 e. The molecular weight excluding hydrogens is 259 g/mol. The number of carbonyl (C=O) groups excluding carboxylic acids is 1. The maximum atomic E-state index is 11.8. The maximum Gasteiger partial charge on any atom is 0.251 e. The zero-order chi connectivity index (χ0) is 12.8. The summed E-state index contributed by atoms with van der Waals surface area (Å²) in [4.78, 5) is 11.8. The van der Waals surface area contributed by atoms with Crippen molar-refractivity contribution in [2.24, 2.45) is 5.92 Å². The lowest BCUT2D eigenvalue weighted by atomic mass is 10.1. The van der Waals surface area contributed by atoms with Gasteiger partial charge in [0.25, 0.3) is 5.91 Å². The molecule has 2 N–H and O–H groups in total. The van der Waals surface area contributed by atoms with Crippen molar-refractivity contribution in [3.05, 3.63) is 33.8 Å². The molecule has 94 valence electrons. The van der Waals surface area contributed by atoms with Crippen LogP contribution in [0, 0.1) is 5.92 Å². The number of amides is 1. The Hall–Kier alpha value is -0.770. The zero-order valence-corrected chi connectivity index (χ0v) is 11.4. The molecule has 0 bridgehead atoms. The first-order valence-corrected chi connectivity index (χ1v) is 6.18. The lowest BCUT2D eigenvalue weighted by Gasteiger charge is -2.12. The molecule has 0 spiro atoms. The second kappa shape index (κ2) is 6.84. The molecule has 1 rings (SSSR count). The zero-order valence-electron chi connectivity index (χ0n) is 9.89. The van der Waals surface area contributed by atoms with Crippen LogP contribution in [0.2, 0.25) is 10.0 Å². The van der Waals surface area contributed by atoms with Crippen LogP contribution in [-0.4, -0.2) is 26.0 Å². The topological polar surface area (TPSA) is 41.1 Å². The lowest BCUT2D eigenvalue weighted by molar-refractivity contribution is 0.0948. The number of halogens is 2. The van der Waals surface area contributed by atoms with Gasteiger partial charge in [0, 0.05) is 12.1 Å². The van der Waals surface area contributed by atoms with Crippen molar-refractivity contribution in [2.75, 3.05) is 20.1 Å². The average Bonchev–Trinajstić information content (AvgIpc) is 2.30. The number of rotatable bonds is 5. The van der Waals surface area contributed by atoms with Gasteiger partial charge in [0.2, 0.25) is 0 Å². The number of nitrogens with one attached hydrogen (secondary N) is 2. The van der Waals surface area contributed by atoms with E-state index in [1.54, 1.807) is 18.2 Å². The van der Waals surface area contributed by atoms with Gasteiger partial charge in [0.15, 0.2) is 0 Å². The van der Waals surface area contributed by atoms with E-state index in [2.05, 4.69) is 17.6 Å². The molecule has 0 saturated heterocycles. The van der Waals surface area contributed by atoms with Crippen molar-refractivity contribution in [3.8, 4) is 0 Å². The molecule has 0 heterocycles. The molecule has 0 aliphatic carbocycles. The Balaban J connectivity index is 2.55. The number of hydrogen-bond donors (Lipinski definition) is 2. The fourth-order valence-electron chi connectivity index (χ4n) is 1.43. The Morgan fingerprint density at radius 2 is 2.00 bits per heavy atom. The van der Waals surface area contributed by atoms with Crippen molar-refractivity contribution in [1.82, 2.24) is 10.6 Å². The smallest absolute Gasteiger partial charge is 0.251 e. The Morgan fingerprint density at radius 1 is 1.29 bits per heavy atom. The van der Waals surface area contributed by atoms with E-state index in [0.29, 0.717) is 28.1 Å². The van der Waals surface area contributed by atoms with Gasteiger partial charge in [-0.1, -0.05) is 30.1 Å². The summed E-state index contributed by atoms with van der Waals surface area (Å²) < 4.78 is 0. The van der Waals surface area contributed by atoms with E-state index in [4.69, 9.17) is 23.2 Å². The first-order valence-electron chi connectivity index (χ1n) is 5.42. The quantitative estimate of drug-likeness (QED) is 0.867. The fourth-order valence-corrected chi connectivity index (χ4v) is 1.73. The molecule has 1 atom stereocenters. The average molecular weight is 275 g/mol. The number of carbonyl (C=O) groups is 1. The van der Waals surface area contributed by atoms with Gasteiger partial charge in [0.05, 0.1) is 10.0 Å². The van der Waals surface area contributed by atoms with Gasteiger partial charge in [-0.15, -0.1) is 0 Å². The van der Waals surface area contributed by atoms with E-state index >= 15 is 0 Å². The minimum atomic E-state index is -0.133. The van der Waals surface area contributed by atoms with E-state index in [1.807, 2.05) is 7.05 Å². The Labute approximate surface area is 111 Å². The third-order valence-electron chi connectivity index (χ3n) is 2.35. The highest BCUT2D eigenvalue weighted by molar-refractivity contribution is 6.42. The highest BCUT2D eigenvalue weighted by Crippen LogP contribution is 2.22. The van der Waals surface area contributed by atoms with Crippen LogP contribution in [0.4, 0.5) is 0 Å². The second-order valence-electron chi connectivity index (χ2n) is 4.00. The predicted octanol–water partition coefficient (Wildman–Crippen LogP) is 2.58. The third kappa shape index (κ3) is 4.54. The molecule has 0 aliphatic rings. The van der Waals surface area contributed by atoms with Gasteiger partial charge >= 0.3 is 0 Å². The molecule has 1 unspecified atom stereocenters. The first-order chi connectivity index (χ1) is 8.04. The van der Waals surface area contributed by atoms with Gasteiger partial charge in [-0.2, -0.15) is 0 Å². The molecule has 1 amide bonds. The van der Waals surface area contributed by atoms with E-state index in [1.165, 1.54) is 0 Å². The molecule has 0 radical (unpaired) electrons. The molecular formula is C12H16Cl2N2O. The van der Waals surface area contributed by atoms with Gasteiger partial charge in [0.1, 0.15) is 0 Å². The third-order valence-corrected chi connectivity index (χ3v) is 3.08. The van der Waals surface area contributed by atoms with Crippen molar-refractivity contribution in [1.29, 1.82) is 0 Å². The summed E-state index contributed by atoms with van der Waals surface area (Å²) in [5, 5.41) is 6.75. The normalized spacial score (nSPS) is 12.2. The number of benzene rings is 1. The number of hydrogen-bond acceptors (Lipinski definition) is 2. The Bertz CT molecular complexity index is 396. The Morgan fingerprint density at radius 3 is 2.59 bits per heavy atom. The molecule has 17 heavy (non-hydrogen) atoms. The van der Waals surface area contributed by atoms with Gasteiger partial charge < -0.3 is 10.6 Å². The van der Waals surface area contributed by atoms with Crippen LogP contribution < -0.4 is 10.6 Å². The molecule has 1 aromatic carbocycles. The van der Waals surface area contributed by atoms with Gasteiger partial charge in [-0.3, -0.25) is 4.79 Å². The maximum absolute atomic E-state index is 11.8. The molecule has 1 aromatic rings. The standard InChI is InChI=1S/C12H16Cl2N2O/c1-8(6-15-2)7-16-12(17)9-3-4-10(13)11(14)5-9/h3-5,8,15H,6-7H2,1-2H3,(H,16,17). The largest absolute Gasteiger partial charge is 0.352 e. The highest BCUT2D eigenvalue weighted by atomic mass is 35.5. The van der Waals surface area contributed by atoms with E-state index in [-0.39, 0.29) is 5.91 Å². The van der Waals surface area contributed by atoms with Crippen molar-refractivity contribution < 1.29 is 4.79 Å². The summed E-state index contributed by atoms with van der Waals surface area (Å²) >= 11 is 11.6. The minimum absolute atomic E-state index is 0.133. The summed E-state index contributed by atoms with van der Waals surface area (Å²) in [5.41, 5.74) is 0.524. The van der Waals surface area contributed by atoms with Crippen molar-refractivity contribution in [3.63, 3.8) is 0 Å². The van der Waals surface area contributed by atoms with Crippen LogP contribution in [0.25, 0.3) is 0 Å². The predicted molar refractivity (Wildman–Crippen MR) is 71.9 cm³/mol. The van der Waals surface area contributed by atoms with E-state index in [0.717, 1.165) is 6.54 Å². The van der Waals surface area contributed by atoms with Crippen LogP contribution >= 0.6 is 23.2 Å². The summed E-state index contributed by atoms with van der Waals surface area (Å²) in [6.07, 6.45) is 0. The molecule has 0 saturated carbocycles. The molecule has 3 nitrogen and oxygen atoms in total. The van der Waals surface area contributed by atoms with Gasteiger partial charge in [-0.25, -0.2) is 0 Å². The fraction of sp³-hybridized carbons (Fsp3) is 0.417. The molecule has 0 aliphatic heterocycles. The Kier molecular flexibility index (Phi) is 5.75. The lowest BCUT2D eigenvalue weighted by Crippen LogP contribution is -2.32. The van der Waals surface area contributed by atoms with Crippen LogP contribution in [0.15, 0.2) is 18.2 Å². The van der Waals surface area contributed by atoms with Crippen LogP contribution in [0.3, 0.4) is 0 Å². The monoisotopic (exact) mass is 274 g/mol. The van der Waals surface area contributed by atoms with Crippen molar-refractivity contribution in [2.45, 2.75) is 6.92 Å². The van der Waals surface area contributed by atoms with E-state index in [9.17, 15) is 4.79 Å². The summed E-state index contributed by atoms with van der Waals surface area (Å²) in [5.74, 6) is 0.248. The molecule has 5 heteroatoms.